The Labute approximate surface area is 94.6 Å². The van der Waals surface area contributed by atoms with E-state index >= 15 is 0 Å². The second-order valence-corrected chi connectivity index (χ2v) is 3.44. The number of rotatable bonds is 5. The lowest BCUT2D eigenvalue weighted by Gasteiger charge is -2.34. The Balaban J connectivity index is 5.36. The minimum Gasteiger partial charge on any atom is -0.392 e. The van der Waals surface area contributed by atoms with E-state index in [1.165, 1.54) is 0 Å². The highest BCUT2D eigenvalue weighted by atomic mass is 19.4. The summed E-state index contributed by atoms with van der Waals surface area (Å²) in [5, 5.41) is 8.56. The van der Waals surface area contributed by atoms with E-state index in [4.69, 9.17) is 5.11 Å². The first kappa shape index (κ1) is 17.3. The van der Waals surface area contributed by atoms with Gasteiger partial charge in [-0.05, 0) is 0 Å². The summed E-state index contributed by atoms with van der Waals surface area (Å²) < 4.78 is 110. The Bertz CT molecular complexity index is 287. The molecule has 0 aliphatic carbocycles. The van der Waals surface area contributed by atoms with E-state index in [0.717, 1.165) is 0 Å². The van der Waals surface area contributed by atoms with E-state index in [2.05, 4.69) is 5.73 Å². The molecule has 2 nitrogen and oxygen atoms in total. The molecule has 3 N–H and O–H groups in total. The van der Waals surface area contributed by atoms with E-state index in [-0.39, 0.29) is 0 Å². The second-order valence-electron chi connectivity index (χ2n) is 3.44. The third-order valence-electron chi connectivity index (χ3n) is 1.97. The fourth-order valence-corrected chi connectivity index (χ4v) is 0.915. The largest absolute Gasteiger partial charge is 0.460 e. The molecule has 0 saturated carbocycles. The van der Waals surface area contributed by atoms with E-state index in [1.54, 1.807) is 0 Å². The van der Waals surface area contributed by atoms with Crippen LogP contribution in [0.2, 0.25) is 0 Å². The van der Waals surface area contributed by atoms with Crippen LogP contribution in [0, 0.1) is 0 Å². The van der Waals surface area contributed by atoms with Gasteiger partial charge in [-0.25, -0.2) is 0 Å². The number of alkyl halides is 9. The minimum absolute atomic E-state index is 0.997. The van der Waals surface area contributed by atoms with Gasteiger partial charge in [-0.3, -0.25) is 0 Å². The number of aliphatic hydroxyl groups is 1. The summed E-state index contributed by atoms with van der Waals surface area (Å²) in [6.07, 6.45) is -11.5. The molecule has 0 aliphatic rings. The quantitative estimate of drug-likeness (QED) is 0.763. The number of hydrogen-bond acceptors (Lipinski definition) is 2. The van der Waals surface area contributed by atoms with Crippen LogP contribution < -0.4 is 5.73 Å². The van der Waals surface area contributed by atoms with Crippen LogP contribution in [0.15, 0.2) is 0 Å². The van der Waals surface area contributed by atoms with Crippen LogP contribution in [-0.4, -0.2) is 41.7 Å². The maximum atomic E-state index is 12.7. The van der Waals surface area contributed by atoms with Gasteiger partial charge < -0.3 is 10.8 Å². The molecule has 0 radical (unpaired) electrons. The van der Waals surface area contributed by atoms with Gasteiger partial charge in [0, 0.05) is 13.0 Å². The summed E-state index contributed by atoms with van der Waals surface area (Å²) in [6.45, 7) is -0.997. The topological polar surface area (TPSA) is 46.2 Å². The maximum absolute atomic E-state index is 12.7. The van der Waals surface area contributed by atoms with Crippen molar-refractivity contribution in [1.82, 2.24) is 0 Å². The highest BCUT2D eigenvalue weighted by Crippen LogP contribution is 2.54. The standard InChI is InChI=1S/C7H8F9NO/c8-4(9,1-3(18)2-17)5(10,11)6(12,13)7(14,15)16/h3,18H,1-2,17H2/t3-/m1/s1. The molecular formula is C7H8F9NO. The summed E-state index contributed by atoms with van der Waals surface area (Å²) in [7, 11) is 0. The molecule has 0 unspecified atom stereocenters. The van der Waals surface area contributed by atoms with E-state index < -0.39 is 43.0 Å². The van der Waals surface area contributed by atoms with Crippen molar-refractivity contribution < 1.29 is 44.6 Å². The molecule has 0 heterocycles. The summed E-state index contributed by atoms with van der Waals surface area (Å²) in [5.74, 6) is -19.4. The molecule has 0 spiro atoms. The van der Waals surface area contributed by atoms with Crippen molar-refractivity contribution in [1.29, 1.82) is 0 Å². The lowest BCUT2D eigenvalue weighted by molar-refractivity contribution is -0.398. The SMILES string of the molecule is NC[C@H](O)CC(F)(F)C(F)(F)C(F)(F)C(F)(F)F. The number of aliphatic hydroxyl groups excluding tert-OH is 1. The van der Waals surface area contributed by atoms with Crippen LogP contribution in [0.4, 0.5) is 39.5 Å². The van der Waals surface area contributed by atoms with Crippen molar-refractivity contribution >= 4 is 0 Å². The molecule has 0 saturated heterocycles. The van der Waals surface area contributed by atoms with E-state index in [9.17, 15) is 39.5 Å². The van der Waals surface area contributed by atoms with Gasteiger partial charge in [0.2, 0.25) is 0 Å². The summed E-state index contributed by atoms with van der Waals surface area (Å²) >= 11 is 0. The van der Waals surface area contributed by atoms with E-state index in [1.807, 2.05) is 0 Å². The molecule has 0 rings (SSSR count). The van der Waals surface area contributed by atoms with Gasteiger partial charge in [-0.2, -0.15) is 39.5 Å². The zero-order valence-corrected chi connectivity index (χ0v) is 8.42. The van der Waals surface area contributed by atoms with Crippen LogP contribution in [0.1, 0.15) is 6.42 Å². The van der Waals surface area contributed by atoms with Gasteiger partial charge >= 0.3 is 23.9 Å². The fourth-order valence-electron chi connectivity index (χ4n) is 0.915. The van der Waals surface area contributed by atoms with Gasteiger partial charge in [0.1, 0.15) is 0 Å². The third kappa shape index (κ3) is 2.82. The minimum atomic E-state index is -6.93. The first-order valence-electron chi connectivity index (χ1n) is 4.29. The Hall–Kier alpha value is -0.710. The van der Waals surface area contributed by atoms with Gasteiger partial charge in [0.15, 0.2) is 0 Å². The highest BCUT2D eigenvalue weighted by Gasteiger charge is 2.81. The van der Waals surface area contributed by atoms with Crippen LogP contribution in [-0.2, 0) is 0 Å². The van der Waals surface area contributed by atoms with Crippen LogP contribution in [0.5, 0.6) is 0 Å². The molecule has 0 fully saturated rings. The Morgan fingerprint density at radius 1 is 0.833 bits per heavy atom. The Morgan fingerprint density at radius 3 is 1.50 bits per heavy atom. The van der Waals surface area contributed by atoms with Crippen LogP contribution in [0.3, 0.4) is 0 Å². The predicted octanol–water partition coefficient (Wildman–Crippen LogP) is 2.16. The average Bonchev–Trinajstić information content (AvgIpc) is 2.14. The molecular weight excluding hydrogens is 285 g/mol. The zero-order chi connectivity index (χ0) is 15.0. The average molecular weight is 293 g/mol. The normalized spacial score (nSPS) is 16.8. The van der Waals surface area contributed by atoms with Crippen molar-refractivity contribution in [3.63, 3.8) is 0 Å². The summed E-state index contributed by atoms with van der Waals surface area (Å²) in [5.41, 5.74) is 4.58. The van der Waals surface area contributed by atoms with Crippen molar-refractivity contribution in [2.24, 2.45) is 5.73 Å². The molecule has 0 bridgehead atoms. The molecule has 1 atom stereocenters. The van der Waals surface area contributed by atoms with Crippen molar-refractivity contribution in [2.45, 2.75) is 36.5 Å². The lowest BCUT2D eigenvalue weighted by Crippen LogP contribution is -2.61. The Morgan fingerprint density at radius 2 is 1.22 bits per heavy atom. The van der Waals surface area contributed by atoms with Gasteiger partial charge in [0.05, 0.1) is 6.10 Å². The first-order valence-corrected chi connectivity index (χ1v) is 4.29. The number of halogens is 9. The highest BCUT2D eigenvalue weighted by molar-refractivity contribution is 5.01. The Kier molecular flexibility index (Phi) is 4.57. The predicted molar refractivity (Wildman–Crippen MR) is 40.6 cm³/mol. The van der Waals surface area contributed by atoms with Crippen molar-refractivity contribution in [3.05, 3.63) is 0 Å². The molecule has 0 amide bonds. The first-order chi connectivity index (χ1) is 7.70. The summed E-state index contributed by atoms with van der Waals surface area (Å²) in [4.78, 5) is 0. The molecule has 18 heavy (non-hydrogen) atoms. The molecule has 0 aliphatic heterocycles. The summed E-state index contributed by atoms with van der Waals surface area (Å²) in [6, 6.07) is 0. The van der Waals surface area contributed by atoms with E-state index in [0.29, 0.717) is 0 Å². The molecule has 11 heteroatoms. The van der Waals surface area contributed by atoms with Gasteiger partial charge in [0.25, 0.3) is 0 Å². The van der Waals surface area contributed by atoms with Crippen molar-refractivity contribution in [3.8, 4) is 0 Å². The molecule has 0 aromatic rings. The maximum Gasteiger partial charge on any atom is 0.460 e. The van der Waals surface area contributed by atoms with Gasteiger partial charge in [-0.15, -0.1) is 0 Å². The monoisotopic (exact) mass is 293 g/mol. The van der Waals surface area contributed by atoms with Gasteiger partial charge in [-0.1, -0.05) is 0 Å². The molecule has 0 aromatic heterocycles. The molecule has 110 valence electrons. The second kappa shape index (κ2) is 4.76. The van der Waals surface area contributed by atoms with Crippen LogP contribution in [0.25, 0.3) is 0 Å². The molecule has 0 aromatic carbocycles. The smallest absolute Gasteiger partial charge is 0.392 e. The fraction of sp³-hybridized carbons (Fsp3) is 1.00. The number of hydrogen-bond donors (Lipinski definition) is 2. The third-order valence-corrected chi connectivity index (χ3v) is 1.97. The van der Waals surface area contributed by atoms with Crippen LogP contribution >= 0.6 is 0 Å². The lowest BCUT2D eigenvalue weighted by atomic mass is 9.98. The number of nitrogens with two attached hydrogens (primary N) is 1. The zero-order valence-electron chi connectivity index (χ0n) is 8.42. The van der Waals surface area contributed by atoms with Crippen molar-refractivity contribution in [2.75, 3.05) is 6.54 Å².